The molecule has 35 heavy (non-hydrogen) atoms. The first kappa shape index (κ1) is 25.3. The molecule has 4 rings (SSSR count). The number of unbranched alkanes of at least 4 members (excludes halogenated alkanes) is 1. The number of aliphatic imine (C=N–C) groups is 1. The van der Waals surface area contributed by atoms with E-state index in [1.165, 1.54) is 62.2 Å². The molecule has 0 spiro atoms. The van der Waals surface area contributed by atoms with Crippen molar-refractivity contribution in [1.82, 2.24) is 29.3 Å². The summed E-state index contributed by atoms with van der Waals surface area (Å²) in [7, 11) is 2.05. The summed E-state index contributed by atoms with van der Waals surface area (Å²) in [5.41, 5.74) is 5.18. The van der Waals surface area contributed by atoms with E-state index in [4.69, 9.17) is 4.99 Å². The van der Waals surface area contributed by atoms with Gasteiger partial charge in [-0.2, -0.15) is 0 Å². The number of H-pyrrole nitrogens is 1. The van der Waals surface area contributed by atoms with Crippen molar-refractivity contribution in [2.75, 3.05) is 19.6 Å². The monoisotopic (exact) mass is 475 g/mol. The van der Waals surface area contributed by atoms with Crippen molar-refractivity contribution < 1.29 is 0 Å². The Morgan fingerprint density at radius 3 is 2.51 bits per heavy atom. The minimum atomic E-state index is 0.756. The number of hydrogen-bond acceptors (Lipinski definition) is 5. The van der Waals surface area contributed by atoms with E-state index in [0.29, 0.717) is 0 Å². The average Bonchev–Trinajstić information content (AvgIpc) is 3.59. The first-order valence-corrected chi connectivity index (χ1v) is 13.2. The second-order valence-corrected chi connectivity index (χ2v) is 9.75. The van der Waals surface area contributed by atoms with Crippen molar-refractivity contribution >= 4 is 11.4 Å². The summed E-state index contributed by atoms with van der Waals surface area (Å²) in [6.07, 6.45) is 14.6. The minimum absolute atomic E-state index is 0.756. The molecule has 7 nitrogen and oxygen atoms in total. The molecule has 1 aliphatic heterocycles. The summed E-state index contributed by atoms with van der Waals surface area (Å²) in [5, 5.41) is 0. The highest BCUT2D eigenvalue weighted by molar-refractivity contribution is 5.93. The maximum Gasteiger partial charge on any atom is 0.122 e. The molecule has 3 heterocycles. The zero-order valence-electron chi connectivity index (χ0n) is 21.7. The molecule has 3 aromatic rings. The van der Waals surface area contributed by atoms with E-state index in [9.17, 15) is 0 Å². The van der Waals surface area contributed by atoms with Crippen molar-refractivity contribution in [3.63, 3.8) is 0 Å². The van der Waals surface area contributed by atoms with Crippen LogP contribution in [0, 0.1) is 0 Å². The Morgan fingerprint density at radius 1 is 0.943 bits per heavy atom. The third kappa shape index (κ3) is 7.36. The second-order valence-electron chi connectivity index (χ2n) is 9.75. The third-order valence-electron chi connectivity index (χ3n) is 6.71. The van der Waals surface area contributed by atoms with Crippen molar-refractivity contribution in [3.8, 4) is 0 Å². The van der Waals surface area contributed by atoms with E-state index in [1.807, 2.05) is 31.8 Å². The number of imidazole rings is 2. The van der Waals surface area contributed by atoms with Crippen molar-refractivity contribution in [2.45, 2.75) is 72.0 Å². The molecule has 0 atom stereocenters. The molecule has 1 aliphatic rings. The van der Waals surface area contributed by atoms with Crippen molar-refractivity contribution in [1.29, 1.82) is 0 Å². The minimum Gasteiger partial charge on any atom is -0.348 e. The van der Waals surface area contributed by atoms with Gasteiger partial charge in [-0.05, 0) is 68.9 Å². The van der Waals surface area contributed by atoms with Gasteiger partial charge in [0.25, 0.3) is 0 Å². The quantitative estimate of drug-likeness (QED) is 0.304. The van der Waals surface area contributed by atoms with Crippen LogP contribution in [0.5, 0.6) is 0 Å². The SMILES string of the molecule is CCCN(CCC)CCCCC1=Nc2ccc(CN(Cc3ncc[nH]3)Cc3nccn3C)cc2C1. The fraction of sp³-hybridized carbons (Fsp3) is 0.536. The first-order valence-electron chi connectivity index (χ1n) is 13.2. The lowest BCUT2D eigenvalue weighted by Crippen LogP contribution is -2.26. The van der Waals surface area contributed by atoms with Gasteiger partial charge in [0.15, 0.2) is 0 Å². The molecular formula is C28H41N7. The number of fused-ring (bicyclic) bond motifs is 1. The van der Waals surface area contributed by atoms with Gasteiger partial charge in [-0.25, -0.2) is 9.97 Å². The largest absolute Gasteiger partial charge is 0.348 e. The summed E-state index contributed by atoms with van der Waals surface area (Å²) >= 11 is 0. The van der Waals surface area contributed by atoms with E-state index < -0.39 is 0 Å². The lowest BCUT2D eigenvalue weighted by Gasteiger charge is -2.21. The van der Waals surface area contributed by atoms with Crippen LogP contribution in [0.1, 0.15) is 68.7 Å². The fourth-order valence-corrected chi connectivity index (χ4v) is 4.97. The highest BCUT2D eigenvalue weighted by Gasteiger charge is 2.17. The van der Waals surface area contributed by atoms with Gasteiger partial charge in [0, 0.05) is 50.5 Å². The second kappa shape index (κ2) is 12.8. The molecule has 0 saturated carbocycles. The zero-order valence-corrected chi connectivity index (χ0v) is 21.7. The van der Waals surface area contributed by atoms with Gasteiger partial charge in [-0.1, -0.05) is 26.0 Å². The van der Waals surface area contributed by atoms with Gasteiger partial charge >= 0.3 is 0 Å². The predicted octanol–water partition coefficient (Wildman–Crippen LogP) is 5.27. The molecule has 188 valence electrons. The number of aryl methyl sites for hydroxylation is 1. The highest BCUT2D eigenvalue weighted by Crippen LogP contribution is 2.29. The summed E-state index contributed by atoms with van der Waals surface area (Å²) in [4.78, 5) is 22.2. The standard InChI is InChI=1S/C28H41N7/c1-4-14-34(15-5-2)16-7-6-8-25-19-24-18-23(9-10-26(24)32-25)20-35(21-27-29-11-12-30-27)22-28-31-13-17-33(28)3/h9-13,17-18H,4-8,14-16,19-22H2,1-3H3,(H,29,30). The van der Waals surface area contributed by atoms with Crippen LogP contribution in [0.15, 0.2) is 48.0 Å². The number of aromatic amines is 1. The Labute approximate surface area is 210 Å². The molecule has 0 aliphatic carbocycles. The molecule has 2 aromatic heterocycles. The van der Waals surface area contributed by atoms with E-state index in [0.717, 1.165) is 49.8 Å². The molecule has 1 aromatic carbocycles. The van der Waals surface area contributed by atoms with Gasteiger partial charge in [0.2, 0.25) is 0 Å². The Kier molecular flexibility index (Phi) is 9.26. The number of benzene rings is 1. The fourth-order valence-electron chi connectivity index (χ4n) is 4.97. The van der Waals surface area contributed by atoms with Gasteiger partial charge in [0.05, 0.1) is 18.8 Å². The number of aromatic nitrogens is 4. The van der Waals surface area contributed by atoms with Gasteiger partial charge in [0.1, 0.15) is 11.6 Å². The summed E-state index contributed by atoms with van der Waals surface area (Å²) in [6, 6.07) is 6.78. The molecule has 0 amide bonds. The third-order valence-corrected chi connectivity index (χ3v) is 6.71. The normalized spacial score (nSPS) is 13.1. The van der Waals surface area contributed by atoms with Crippen molar-refractivity contribution in [2.24, 2.45) is 12.0 Å². The maximum atomic E-state index is 4.96. The lowest BCUT2D eigenvalue weighted by molar-refractivity contribution is 0.233. The van der Waals surface area contributed by atoms with Crippen LogP contribution in [0.4, 0.5) is 5.69 Å². The first-order chi connectivity index (χ1) is 17.1. The van der Waals surface area contributed by atoms with Crippen LogP contribution in [-0.4, -0.2) is 54.7 Å². The Balaban J connectivity index is 1.31. The molecule has 0 radical (unpaired) electrons. The number of hydrogen-bond donors (Lipinski definition) is 1. The molecule has 0 bridgehead atoms. The van der Waals surface area contributed by atoms with E-state index in [-0.39, 0.29) is 0 Å². The molecular weight excluding hydrogens is 434 g/mol. The van der Waals surface area contributed by atoms with Gasteiger partial charge in [-0.15, -0.1) is 0 Å². The predicted molar refractivity (Wildman–Crippen MR) is 143 cm³/mol. The number of nitrogens with one attached hydrogen (secondary N) is 1. The molecule has 1 N–H and O–H groups in total. The Morgan fingerprint density at radius 2 is 1.80 bits per heavy atom. The summed E-state index contributed by atoms with van der Waals surface area (Å²) in [5.74, 6) is 2.03. The van der Waals surface area contributed by atoms with Crippen molar-refractivity contribution in [3.05, 3.63) is 65.8 Å². The zero-order chi connectivity index (χ0) is 24.5. The van der Waals surface area contributed by atoms with Crippen LogP contribution in [0.3, 0.4) is 0 Å². The van der Waals surface area contributed by atoms with Gasteiger partial charge < -0.3 is 14.5 Å². The highest BCUT2D eigenvalue weighted by atomic mass is 15.2. The average molecular weight is 476 g/mol. The molecule has 0 unspecified atom stereocenters. The van der Waals surface area contributed by atoms with Crippen LogP contribution in [0.25, 0.3) is 0 Å². The van der Waals surface area contributed by atoms with Crippen LogP contribution >= 0.6 is 0 Å². The van der Waals surface area contributed by atoms with Crippen LogP contribution < -0.4 is 0 Å². The van der Waals surface area contributed by atoms with Gasteiger partial charge in [-0.3, -0.25) is 9.89 Å². The smallest absolute Gasteiger partial charge is 0.122 e. The Hall–Kier alpha value is -2.77. The van der Waals surface area contributed by atoms with Crippen LogP contribution in [0.2, 0.25) is 0 Å². The lowest BCUT2D eigenvalue weighted by atomic mass is 10.0. The van der Waals surface area contributed by atoms with E-state index in [2.05, 4.69) is 61.4 Å². The number of nitrogens with zero attached hydrogens (tertiary/aromatic N) is 6. The maximum absolute atomic E-state index is 4.96. The number of rotatable bonds is 15. The molecule has 0 saturated heterocycles. The Bertz CT molecular complexity index is 1060. The molecule has 7 heteroatoms. The summed E-state index contributed by atoms with van der Waals surface area (Å²) < 4.78 is 2.08. The molecule has 0 fully saturated rings. The van der Waals surface area contributed by atoms with Crippen LogP contribution in [-0.2, 0) is 33.1 Å². The topological polar surface area (TPSA) is 65.3 Å². The van der Waals surface area contributed by atoms with E-state index in [1.54, 1.807) is 0 Å². The summed E-state index contributed by atoms with van der Waals surface area (Å²) in [6.45, 7) is 10.6. The van der Waals surface area contributed by atoms with E-state index >= 15 is 0 Å².